The molecule has 0 aliphatic carbocycles. The molecule has 0 spiro atoms. The quantitative estimate of drug-likeness (QED) is 0.741. The van der Waals surface area contributed by atoms with Crippen molar-refractivity contribution in [1.82, 2.24) is 9.80 Å². The van der Waals surface area contributed by atoms with E-state index in [0.29, 0.717) is 30.9 Å². The average molecular weight is 343 g/mol. The Hall–Kier alpha value is -2.10. The highest BCUT2D eigenvalue weighted by Crippen LogP contribution is 2.39. The molecule has 0 aromatic heterocycles. The number of fused-ring (bicyclic) bond motifs is 1. The molecule has 0 saturated carbocycles. The predicted octanol–water partition coefficient (Wildman–Crippen LogP) is 2.22. The van der Waals surface area contributed by atoms with E-state index in [2.05, 4.69) is 18.0 Å². The number of carbonyl (C=O) groups is 1. The Balaban J connectivity index is 1.80. The molecule has 3 rings (SSSR count). The Morgan fingerprint density at radius 3 is 2.76 bits per heavy atom. The summed E-state index contributed by atoms with van der Waals surface area (Å²) in [4.78, 5) is 16.8. The maximum absolute atomic E-state index is 12.9. The van der Waals surface area contributed by atoms with Crippen LogP contribution in [-0.2, 0) is 4.74 Å². The molecule has 2 heterocycles. The number of ether oxygens (including phenoxy) is 2. The first-order chi connectivity index (χ1) is 12.2. The number of methoxy groups -OCH3 is 1. The van der Waals surface area contributed by atoms with E-state index in [-0.39, 0.29) is 12.0 Å². The van der Waals surface area contributed by atoms with E-state index in [1.54, 1.807) is 12.0 Å². The molecule has 6 nitrogen and oxygen atoms in total. The second kappa shape index (κ2) is 7.85. The summed E-state index contributed by atoms with van der Waals surface area (Å²) in [6.07, 6.45) is 2.74. The van der Waals surface area contributed by atoms with Crippen LogP contribution in [0.3, 0.4) is 0 Å². The average Bonchev–Trinajstić information content (AvgIpc) is 2.90. The van der Waals surface area contributed by atoms with Gasteiger partial charge in [0.2, 0.25) is 0 Å². The van der Waals surface area contributed by atoms with Gasteiger partial charge in [0.15, 0.2) is 0 Å². The van der Waals surface area contributed by atoms with Gasteiger partial charge in [-0.15, -0.1) is 0 Å². The molecule has 134 valence electrons. The minimum Gasteiger partial charge on any atom is -0.489 e. The predicted molar refractivity (Wildman–Crippen MR) is 93.5 cm³/mol. The van der Waals surface area contributed by atoms with Crippen molar-refractivity contribution in [3.63, 3.8) is 0 Å². The normalized spacial score (nSPS) is 21.2. The molecule has 1 saturated heterocycles. The van der Waals surface area contributed by atoms with E-state index in [1.807, 2.05) is 18.2 Å². The second-order valence-electron chi connectivity index (χ2n) is 6.72. The number of nitriles is 1. The summed E-state index contributed by atoms with van der Waals surface area (Å²) in [5.41, 5.74) is 1.32. The molecule has 1 atom stereocenters. The third kappa shape index (κ3) is 3.63. The summed E-state index contributed by atoms with van der Waals surface area (Å²) in [5, 5.41) is 9.58. The number of piperidine rings is 1. The van der Waals surface area contributed by atoms with E-state index >= 15 is 0 Å². The standard InChI is InChI=1S/C19H25N3O3/c1-21-10-7-14(8-11-21)25-17-6-3-5-15-16(13-20)22(9-4-12-24-2)19(23)18(15)17/h3,5-6,14,16H,4,7-12H2,1-2H3. The topological polar surface area (TPSA) is 65.8 Å². The lowest BCUT2D eigenvalue weighted by Crippen LogP contribution is -2.36. The number of amides is 1. The molecule has 6 heteroatoms. The summed E-state index contributed by atoms with van der Waals surface area (Å²) in [6.45, 7) is 3.07. The van der Waals surface area contributed by atoms with Crippen LogP contribution < -0.4 is 4.74 Å². The highest BCUT2D eigenvalue weighted by atomic mass is 16.5. The monoisotopic (exact) mass is 343 g/mol. The van der Waals surface area contributed by atoms with Gasteiger partial charge in [0.05, 0.1) is 11.6 Å². The molecule has 1 amide bonds. The lowest BCUT2D eigenvalue weighted by Gasteiger charge is -2.29. The molecule has 1 unspecified atom stereocenters. The summed E-state index contributed by atoms with van der Waals surface area (Å²) in [6, 6.07) is 7.31. The highest BCUT2D eigenvalue weighted by molar-refractivity contribution is 6.02. The van der Waals surface area contributed by atoms with Crippen molar-refractivity contribution in [3.05, 3.63) is 29.3 Å². The van der Waals surface area contributed by atoms with E-state index < -0.39 is 6.04 Å². The van der Waals surface area contributed by atoms with Gasteiger partial charge < -0.3 is 19.3 Å². The van der Waals surface area contributed by atoms with E-state index in [4.69, 9.17) is 9.47 Å². The van der Waals surface area contributed by atoms with Crippen molar-refractivity contribution in [2.24, 2.45) is 0 Å². The molecule has 0 N–H and O–H groups in total. The molecule has 1 fully saturated rings. The third-order valence-corrected chi connectivity index (χ3v) is 4.97. The SMILES string of the molecule is COCCCN1C(=O)c2c(OC3CCN(C)CC3)cccc2C1C#N. The fraction of sp³-hybridized carbons (Fsp3) is 0.579. The maximum atomic E-state index is 12.9. The zero-order valence-electron chi connectivity index (χ0n) is 14.9. The lowest BCUT2D eigenvalue weighted by molar-refractivity contribution is 0.0727. The van der Waals surface area contributed by atoms with Gasteiger partial charge in [-0.05, 0) is 32.4 Å². The maximum Gasteiger partial charge on any atom is 0.259 e. The van der Waals surface area contributed by atoms with Crippen molar-refractivity contribution >= 4 is 5.91 Å². The summed E-state index contributed by atoms with van der Waals surface area (Å²) >= 11 is 0. The summed E-state index contributed by atoms with van der Waals surface area (Å²) in [7, 11) is 3.74. The molecular weight excluding hydrogens is 318 g/mol. The second-order valence-corrected chi connectivity index (χ2v) is 6.72. The van der Waals surface area contributed by atoms with Gasteiger partial charge in [-0.3, -0.25) is 4.79 Å². The molecule has 2 aliphatic rings. The molecule has 1 aromatic carbocycles. The van der Waals surface area contributed by atoms with Crippen LogP contribution in [0.15, 0.2) is 18.2 Å². The van der Waals surface area contributed by atoms with Crippen molar-refractivity contribution in [1.29, 1.82) is 5.26 Å². The number of hydrogen-bond acceptors (Lipinski definition) is 5. The minimum atomic E-state index is -0.541. The van der Waals surface area contributed by atoms with Gasteiger partial charge in [-0.25, -0.2) is 0 Å². The molecule has 1 aromatic rings. The Labute approximate surface area is 148 Å². The molecule has 25 heavy (non-hydrogen) atoms. The Kier molecular flexibility index (Phi) is 5.57. The molecular formula is C19H25N3O3. The van der Waals surface area contributed by atoms with Crippen LogP contribution in [0, 0.1) is 11.3 Å². The lowest BCUT2D eigenvalue weighted by atomic mass is 10.0. The first-order valence-corrected chi connectivity index (χ1v) is 8.83. The number of likely N-dealkylation sites (tertiary alicyclic amines) is 1. The molecule has 0 bridgehead atoms. The van der Waals surface area contributed by atoms with Crippen molar-refractivity contribution in [3.8, 4) is 11.8 Å². The third-order valence-electron chi connectivity index (χ3n) is 4.97. The van der Waals surface area contributed by atoms with Gasteiger partial charge >= 0.3 is 0 Å². The van der Waals surface area contributed by atoms with Gasteiger partial charge in [-0.1, -0.05) is 12.1 Å². The van der Waals surface area contributed by atoms with Gasteiger partial charge in [0.25, 0.3) is 5.91 Å². The smallest absolute Gasteiger partial charge is 0.259 e. The van der Waals surface area contributed by atoms with Crippen molar-refractivity contribution in [2.45, 2.75) is 31.4 Å². The Morgan fingerprint density at radius 2 is 2.08 bits per heavy atom. The molecule has 2 aliphatic heterocycles. The number of rotatable bonds is 6. The van der Waals surface area contributed by atoms with Crippen LogP contribution in [0.1, 0.15) is 41.2 Å². The van der Waals surface area contributed by atoms with Gasteiger partial charge in [-0.2, -0.15) is 5.26 Å². The number of carbonyl (C=O) groups excluding carboxylic acids is 1. The number of hydrogen-bond donors (Lipinski definition) is 0. The number of nitrogens with zero attached hydrogens (tertiary/aromatic N) is 3. The van der Waals surface area contributed by atoms with Crippen LogP contribution in [0.25, 0.3) is 0 Å². The fourth-order valence-corrected chi connectivity index (χ4v) is 3.56. The largest absolute Gasteiger partial charge is 0.489 e. The van der Waals surface area contributed by atoms with Crippen molar-refractivity contribution in [2.75, 3.05) is 40.4 Å². The zero-order chi connectivity index (χ0) is 17.8. The minimum absolute atomic E-state index is 0.110. The Morgan fingerprint density at radius 1 is 1.32 bits per heavy atom. The highest BCUT2D eigenvalue weighted by Gasteiger charge is 2.39. The van der Waals surface area contributed by atoms with Crippen LogP contribution in [0.4, 0.5) is 0 Å². The van der Waals surface area contributed by atoms with E-state index in [0.717, 1.165) is 31.5 Å². The van der Waals surface area contributed by atoms with Gasteiger partial charge in [0, 0.05) is 38.9 Å². The first-order valence-electron chi connectivity index (χ1n) is 8.83. The summed E-state index contributed by atoms with van der Waals surface area (Å²) in [5.74, 6) is 0.507. The van der Waals surface area contributed by atoms with E-state index in [9.17, 15) is 10.1 Å². The van der Waals surface area contributed by atoms with Crippen LogP contribution >= 0.6 is 0 Å². The zero-order valence-corrected chi connectivity index (χ0v) is 14.9. The van der Waals surface area contributed by atoms with Crippen LogP contribution in [-0.4, -0.2) is 62.2 Å². The Bertz CT molecular complexity index is 662. The van der Waals surface area contributed by atoms with Crippen LogP contribution in [0.2, 0.25) is 0 Å². The number of benzene rings is 1. The van der Waals surface area contributed by atoms with Gasteiger partial charge in [0.1, 0.15) is 17.9 Å². The summed E-state index contributed by atoms with van der Waals surface area (Å²) < 4.78 is 11.2. The fourth-order valence-electron chi connectivity index (χ4n) is 3.56. The molecule has 0 radical (unpaired) electrons. The van der Waals surface area contributed by atoms with Crippen LogP contribution in [0.5, 0.6) is 5.75 Å². The first kappa shape index (κ1) is 17.7. The van der Waals surface area contributed by atoms with Crippen molar-refractivity contribution < 1.29 is 14.3 Å². The van der Waals surface area contributed by atoms with E-state index in [1.165, 1.54) is 0 Å².